The molecule has 2 saturated heterocycles. The van der Waals surface area contributed by atoms with Crippen molar-refractivity contribution in [3.05, 3.63) is 65.7 Å². The lowest BCUT2D eigenvalue weighted by Gasteiger charge is -2.46. The molecule has 1 amide bonds. The molecule has 4 nitrogen and oxygen atoms in total. The first-order valence-corrected chi connectivity index (χ1v) is 10.8. The number of aryl methyl sites for hydroxylation is 1. The van der Waals surface area contributed by atoms with Gasteiger partial charge in [-0.1, -0.05) is 19.1 Å². The number of carbonyl (C=O) groups is 1. The molecule has 2 aliphatic heterocycles. The third kappa shape index (κ3) is 3.59. The molecule has 3 fully saturated rings. The average molecular weight is 386 g/mol. The van der Waals surface area contributed by atoms with Crippen LogP contribution in [-0.2, 0) is 6.42 Å². The van der Waals surface area contributed by atoms with Crippen molar-refractivity contribution >= 4 is 28.3 Å². The fourth-order valence-corrected chi connectivity index (χ4v) is 4.79. The van der Waals surface area contributed by atoms with Crippen LogP contribution in [0.4, 0.5) is 11.5 Å². The molecule has 4 heteroatoms. The molecule has 0 unspecified atom stereocenters. The first-order chi connectivity index (χ1) is 14.2. The normalized spacial score (nSPS) is 20.8. The molecule has 1 aromatic heterocycles. The Balaban J connectivity index is 1.34. The first kappa shape index (κ1) is 18.2. The third-order valence-electron chi connectivity index (χ3n) is 6.56. The number of amides is 1. The van der Waals surface area contributed by atoms with E-state index in [1.165, 1.54) is 31.2 Å². The molecule has 3 aromatic rings. The van der Waals surface area contributed by atoms with Gasteiger partial charge in [-0.05, 0) is 86.1 Å². The molecule has 0 atom stereocenters. The van der Waals surface area contributed by atoms with Crippen molar-refractivity contribution in [3.63, 3.8) is 0 Å². The largest absolute Gasteiger partial charge is 0.353 e. The van der Waals surface area contributed by atoms with E-state index in [2.05, 4.69) is 29.3 Å². The highest BCUT2D eigenvalue weighted by Crippen LogP contribution is 2.37. The third-order valence-corrected chi connectivity index (χ3v) is 6.56. The number of anilines is 2. The highest BCUT2D eigenvalue weighted by Gasteiger charge is 2.34. The quantitative estimate of drug-likeness (QED) is 0.651. The SMILES string of the molecule is CCc1ccc(C(=O)Nc2ccc3nc(N4CC5CCC4CC5)ccc3c2)cc1. The molecular weight excluding hydrogens is 358 g/mol. The zero-order valence-corrected chi connectivity index (χ0v) is 16.9. The minimum absolute atomic E-state index is 0.0825. The molecule has 3 aliphatic rings. The summed E-state index contributed by atoms with van der Waals surface area (Å²) in [5, 5.41) is 4.06. The number of rotatable bonds is 4. The van der Waals surface area contributed by atoms with Crippen LogP contribution in [0.25, 0.3) is 10.9 Å². The summed E-state index contributed by atoms with van der Waals surface area (Å²) in [5.41, 5.74) is 3.69. The maximum atomic E-state index is 12.6. The van der Waals surface area contributed by atoms with Gasteiger partial charge in [0, 0.05) is 29.2 Å². The average Bonchev–Trinajstić information content (AvgIpc) is 2.79. The van der Waals surface area contributed by atoms with Crippen molar-refractivity contribution in [1.82, 2.24) is 4.98 Å². The van der Waals surface area contributed by atoms with E-state index in [9.17, 15) is 4.79 Å². The lowest BCUT2D eigenvalue weighted by molar-refractivity contribution is 0.102. The van der Waals surface area contributed by atoms with Gasteiger partial charge in [0.25, 0.3) is 5.91 Å². The maximum Gasteiger partial charge on any atom is 0.255 e. The van der Waals surface area contributed by atoms with Crippen LogP contribution in [0, 0.1) is 5.92 Å². The second-order valence-corrected chi connectivity index (χ2v) is 8.41. The molecule has 3 heterocycles. The Morgan fingerprint density at radius 3 is 2.52 bits per heavy atom. The Kier molecular flexibility index (Phi) is 4.70. The van der Waals surface area contributed by atoms with Gasteiger partial charge in [-0.15, -0.1) is 0 Å². The van der Waals surface area contributed by atoms with Crippen LogP contribution >= 0.6 is 0 Å². The van der Waals surface area contributed by atoms with E-state index >= 15 is 0 Å². The molecule has 1 N–H and O–H groups in total. The van der Waals surface area contributed by atoms with E-state index in [0.29, 0.717) is 11.6 Å². The van der Waals surface area contributed by atoms with Crippen molar-refractivity contribution in [2.75, 3.05) is 16.8 Å². The number of nitrogens with zero attached hydrogens (tertiary/aromatic N) is 2. The van der Waals surface area contributed by atoms with E-state index in [1.807, 2.05) is 42.5 Å². The lowest BCUT2D eigenvalue weighted by Crippen LogP contribution is -2.48. The number of fused-ring (bicyclic) bond motifs is 4. The van der Waals surface area contributed by atoms with Gasteiger partial charge in [-0.25, -0.2) is 4.98 Å². The monoisotopic (exact) mass is 385 g/mol. The van der Waals surface area contributed by atoms with Crippen molar-refractivity contribution in [2.24, 2.45) is 5.92 Å². The van der Waals surface area contributed by atoms with Gasteiger partial charge in [0.15, 0.2) is 0 Å². The Bertz CT molecular complexity index is 1040. The second kappa shape index (κ2) is 7.51. The minimum Gasteiger partial charge on any atom is -0.353 e. The number of carbonyl (C=O) groups excluding carboxylic acids is 1. The molecule has 2 bridgehead atoms. The van der Waals surface area contributed by atoms with Crippen LogP contribution in [0.5, 0.6) is 0 Å². The van der Waals surface area contributed by atoms with E-state index in [-0.39, 0.29) is 5.91 Å². The summed E-state index contributed by atoms with van der Waals surface area (Å²) in [7, 11) is 0. The standard InChI is InChI=1S/C25H27N3O/c1-2-17-3-7-19(8-4-17)25(29)26-21-10-13-23-20(15-21)9-14-24(27-23)28-16-18-5-11-22(28)12-6-18/h3-4,7-10,13-15,18,22H,2,5-6,11-12,16H2,1H3,(H,26,29). The van der Waals surface area contributed by atoms with Crippen molar-refractivity contribution in [2.45, 2.75) is 45.1 Å². The van der Waals surface area contributed by atoms with Crippen LogP contribution in [0.1, 0.15) is 48.5 Å². The molecule has 29 heavy (non-hydrogen) atoms. The van der Waals surface area contributed by atoms with Gasteiger partial charge in [0.1, 0.15) is 5.82 Å². The van der Waals surface area contributed by atoms with E-state index in [1.54, 1.807) is 0 Å². The molecule has 1 aliphatic carbocycles. The van der Waals surface area contributed by atoms with Crippen molar-refractivity contribution in [3.8, 4) is 0 Å². The van der Waals surface area contributed by atoms with Crippen LogP contribution in [-0.4, -0.2) is 23.5 Å². The smallest absolute Gasteiger partial charge is 0.255 e. The Morgan fingerprint density at radius 2 is 1.83 bits per heavy atom. The zero-order valence-electron chi connectivity index (χ0n) is 16.9. The number of pyridine rings is 1. The molecule has 1 saturated carbocycles. The van der Waals surface area contributed by atoms with Crippen molar-refractivity contribution in [1.29, 1.82) is 0 Å². The Hall–Kier alpha value is -2.88. The van der Waals surface area contributed by atoms with Gasteiger partial charge in [0.2, 0.25) is 0 Å². The van der Waals surface area contributed by atoms with Gasteiger partial charge in [-0.3, -0.25) is 4.79 Å². The summed E-state index contributed by atoms with van der Waals surface area (Å²) in [4.78, 5) is 20.0. The topological polar surface area (TPSA) is 45.2 Å². The molecule has 0 spiro atoms. The predicted octanol–water partition coefficient (Wildman–Crippen LogP) is 5.43. The maximum absolute atomic E-state index is 12.6. The van der Waals surface area contributed by atoms with Crippen LogP contribution in [0.15, 0.2) is 54.6 Å². The molecule has 6 rings (SSSR count). The number of benzene rings is 2. The molecule has 2 aromatic carbocycles. The second-order valence-electron chi connectivity index (χ2n) is 8.41. The number of nitrogens with one attached hydrogen (secondary N) is 1. The van der Waals surface area contributed by atoms with Gasteiger partial charge >= 0.3 is 0 Å². The minimum atomic E-state index is -0.0825. The summed E-state index contributed by atoms with van der Waals surface area (Å²) in [6, 6.07) is 18.7. The number of aromatic nitrogens is 1. The van der Waals surface area contributed by atoms with Crippen molar-refractivity contribution < 1.29 is 4.79 Å². The van der Waals surface area contributed by atoms with Crippen LogP contribution in [0.2, 0.25) is 0 Å². The molecule has 0 radical (unpaired) electrons. The van der Waals surface area contributed by atoms with E-state index < -0.39 is 0 Å². The van der Waals surface area contributed by atoms with Gasteiger partial charge < -0.3 is 10.2 Å². The first-order valence-electron chi connectivity index (χ1n) is 10.8. The summed E-state index contributed by atoms with van der Waals surface area (Å²) in [6.45, 7) is 3.26. The lowest BCUT2D eigenvalue weighted by atomic mass is 9.80. The number of hydrogen-bond donors (Lipinski definition) is 1. The van der Waals surface area contributed by atoms with Crippen LogP contribution < -0.4 is 10.2 Å². The highest BCUT2D eigenvalue weighted by atomic mass is 16.1. The summed E-state index contributed by atoms with van der Waals surface area (Å²) >= 11 is 0. The summed E-state index contributed by atoms with van der Waals surface area (Å²) < 4.78 is 0. The van der Waals surface area contributed by atoms with Gasteiger partial charge in [-0.2, -0.15) is 0 Å². The fraction of sp³-hybridized carbons (Fsp3) is 0.360. The van der Waals surface area contributed by atoms with Crippen LogP contribution in [0.3, 0.4) is 0 Å². The molecule has 148 valence electrons. The Morgan fingerprint density at radius 1 is 1.03 bits per heavy atom. The Labute approximate surface area is 171 Å². The summed E-state index contributed by atoms with van der Waals surface area (Å²) in [5.74, 6) is 1.85. The predicted molar refractivity (Wildman–Crippen MR) is 119 cm³/mol. The highest BCUT2D eigenvalue weighted by molar-refractivity contribution is 6.05. The zero-order chi connectivity index (χ0) is 19.8. The van der Waals surface area contributed by atoms with Gasteiger partial charge in [0.05, 0.1) is 5.52 Å². The van der Waals surface area contributed by atoms with E-state index in [0.717, 1.165) is 41.3 Å². The molecular formula is C25H27N3O. The number of piperidine rings is 2. The fourth-order valence-electron chi connectivity index (χ4n) is 4.79. The van der Waals surface area contributed by atoms with E-state index in [4.69, 9.17) is 4.98 Å². The number of hydrogen-bond acceptors (Lipinski definition) is 3. The summed E-state index contributed by atoms with van der Waals surface area (Å²) in [6.07, 6.45) is 6.32.